The number of anilines is 1. The fraction of sp³-hybridized carbons (Fsp3) is 0.0455. The summed E-state index contributed by atoms with van der Waals surface area (Å²) in [5.74, 6) is -2.00. The number of nitrogens with zero attached hydrogens (tertiary/aromatic N) is 1. The number of carbonyl (C=O) groups is 3. The van der Waals surface area contributed by atoms with Crippen LogP contribution in [0, 0.1) is 5.82 Å². The van der Waals surface area contributed by atoms with Gasteiger partial charge in [0.05, 0.1) is 17.8 Å². The molecule has 0 unspecified atom stereocenters. The van der Waals surface area contributed by atoms with Crippen LogP contribution in [0.1, 0.15) is 15.2 Å². The Kier molecular flexibility index (Phi) is 5.93. The highest BCUT2D eigenvalue weighted by Gasteiger charge is 2.34. The molecule has 4 rings (SSSR count). The van der Waals surface area contributed by atoms with Crippen LogP contribution < -0.4 is 19.9 Å². The van der Waals surface area contributed by atoms with Gasteiger partial charge in [-0.25, -0.2) is 14.2 Å². The number of benzene rings is 2. The van der Waals surface area contributed by atoms with Crippen molar-refractivity contribution in [2.24, 2.45) is 0 Å². The molecule has 162 valence electrons. The van der Waals surface area contributed by atoms with Crippen molar-refractivity contribution in [3.05, 3.63) is 80.8 Å². The van der Waals surface area contributed by atoms with Gasteiger partial charge < -0.3 is 9.47 Å². The lowest BCUT2D eigenvalue weighted by Crippen LogP contribution is -2.35. The lowest BCUT2D eigenvalue weighted by atomic mass is 10.1. The third kappa shape index (κ3) is 4.20. The van der Waals surface area contributed by atoms with Crippen LogP contribution in [0.5, 0.6) is 11.5 Å². The lowest BCUT2D eigenvalue weighted by Gasteiger charge is -2.14. The Balaban J connectivity index is 1.58. The van der Waals surface area contributed by atoms with E-state index in [-0.39, 0.29) is 27.8 Å². The SMILES string of the molecule is COc1cc(C=C2C(=O)NN(c3ccc(F)c(Cl)c3)C2=O)ccc1OC(=O)c1cccs1. The van der Waals surface area contributed by atoms with Gasteiger partial charge in [0.1, 0.15) is 16.3 Å². The van der Waals surface area contributed by atoms with Crippen molar-refractivity contribution in [2.45, 2.75) is 0 Å². The summed E-state index contributed by atoms with van der Waals surface area (Å²) in [6.07, 6.45) is 1.37. The predicted molar refractivity (Wildman–Crippen MR) is 117 cm³/mol. The standard InChI is InChI=1S/C22H14ClFN2O5S/c1-30-18-10-12(4-7-17(18)31-22(29)19-3-2-8-32-19)9-14-20(27)25-26(21(14)28)13-5-6-16(24)15(23)11-13/h2-11H,1H3,(H,25,27). The molecule has 1 fully saturated rings. The van der Waals surface area contributed by atoms with E-state index < -0.39 is 23.6 Å². The Bertz CT molecular complexity index is 1260. The van der Waals surface area contributed by atoms with E-state index >= 15 is 0 Å². The van der Waals surface area contributed by atoms with Crippen molar-refractivity contribution >= 4 is 52.5 Å². The summed E-state index contributed by atoms with van der Waals surface area (Å²) in [6, 6.07) is 11.6. The monoisotopic (exact) mass is 472 g/mol. The molecule has 0 saturated carbocycles. The number of hydrogen-bond donors (Lipinski definition) is 1. The first-order valence-corrected chi connectivity index (χ1v) is 10.4. The van der Waals surface area contributed by atoms with Gasteiger partial charge in [0, 0.05) is 0 Å². The third-order valence-corrected chi connectivity index (χ3v) is 5.62. The van der Waals surface area contributed by atoms with E-state index in [4.69, 9.17) is 21.1 Å². The molecule has 1 aromatic heterocycles. The van der Waals surface area contributed by atoms with Crippen molar-refractivity contribution in [3.8, 4) is 11.5 Å². The topological polar surface area (TPSA) is 84.9 Å². The number of hydrogen-bond acceptors (Lipinski definition) is 6. The zero-order valence-electron chi connectivity index (χ0n) is 16.4. The normalized spacial score (nSPS) is 14.6. The number of esters is 1. The first-order valence-electron chi connectivity index (χ1n) is 9.13. The molecule has 32 heavy (non-hydrogen) atoms. The van der Waals surface area contributed by atoms with Crippen LogP contribution >= 0.6 is 22.9 Å². The first kappa shape index (κ1) is 21.5. The van der Waals surface area contributed by atoms with E-state index in [0.717, 1.165) is 11.1 Å². The molecule has 1 N–H and O–H groups in total. The Labute approximate surface area is 190 Å². The number of nitrogens with one attached hydrogen (secondary N) is 1. The van der Waals surface area contributed by atoms with E-state index in [9.17, 15) is 18.8 Å². The highest BCUT2D eigenvalue weighted by Crippen LogP contribution is 2.31. The molecule has 0 atom stereocenters. The van der Waals surface area contributed by atoms with Crippen molar-refractivity contribution in [1.29, 1.82) is 0 Å². The first-order chi connectivity index (χ1) is 15.4. The maximum atomic E-state index is 13.4. The largest absolute Gasteiger partial charge is 0.493 e. The Morgan fingerprint density at radius 3 is 2.66 bits per heavy atom. The number of thiophene rings is 1. The molecule has 1 saturated heterocycles. The van der Waals surface area contributed by atoms with Gasteiger partial charge >= 0.3 is 5.97 Å². The molecule has 2 heterocycles. The minimum Gasteiger partial charge on any atom is -0.493 e. The quantitative estimate of drug-likeness (QED) is 0.260. The smallest absolute Gasteiger partial charge is 0.353 e. The minimum atomic E-state index is -0.642. The molecule has 7 nitrogen and oxygen atoms in total. The molecule has 0 radical (unpaired) electrons. The van der Waals surface area contributed by atoms with Gasteiger partial charge in [0.25, 0.3) is 11.8 Å². The number of ether oxygens (including phenoxy) is 2. The van der Waals surface area contributed by atoms with E-state index in [1.807, 2.05) is 0 Å². The molecule has 2 aromatic carbocycles. The van der Waals surface area contributed by atoms with Gasteiger partial charge in [0.15, 0.2) is 11.5 Å². The Hall–Kier alpha value is -3.69. The average molecular weight is 473 g/mol. The van der Waals surface area contributed by atoms with Gasteiger partial charge in [-0.05, 0) is 53.4 Å². The maximum Gasteiger partial charge on any atom is 0.353 e. The third-order valence-electron chi connectivity index (χ3n) is 4.48. The minimum absolute atomic E-state index is 0.143. The molecule has 1 aliphatic heterocycles. The molecular weight excluding hydrogens is 459 g/mol. The predicted octanol–water partition coefficient (Wildman–Crippen LogP) is 4.23. The summed E-state index contributed by atoms with van der Waals surface area (Å²) in [5.41, 5.74) is 2.95. The second kappa shape index (κ2) is 8.81. The van der Waals surface area contributed by atoms with Gasteiger partial charge in [-0.15, -0.1) is 11.3 Å². The summed E-state index contributed by atoms with van der Waals surface area (Å²) in [4.78, 5) is 37.8. The number of hydrazine groups is 1. The summed E-state index contributed by atoms with van der Waals surface area (Å²) in [7, 11) is 1.40. The highest BCUT2D eigenvalue weighted by atomic mass is 35.5. The number of amides is 2. The zero-order chi connectivity index (χ0) is 22.8. The lowest BCUT2D eigenvalue weighted by molar-refractivity contribution is -0.117. The number of methoxy groups -OCH3 is 1. The molecule has 3 aromatic rings. The van der Waals surface area contributed by atoms with E-state index in [1.54, 1.807) is 23.6 Å². The summed E-state index contributed by atoms with van der Waals surface area (Å²) < 4.78 is 24.1. The van der Waals surface area contributed by atoms with E-state index in [0.29, 0.717) is 10.4 Å². The van der Waals surface area contributed by atoms with E-state index in [1.165, 1.54) is 48.8 Å². The molecule has 0 bridgehead atoms. The van der Waals surface area contributed by atoms with Crippen LogP contribution in [-0.2, 0) is 9.59 Å². The second-order valence-corrected chi connectivity index (χ2v) is 7.87. The van der Waals surface area contributed by atoms with Crippen LogP contribution in [0.2, 0.25) is 5.02 Å². The van der Waals surface area contributed by atoms with Crippen molar-refractivity contribution in [3.63, 3.8) is 0 Å². The molecule has 2 amide bonds. The zero-order valence-corrected chi connectivity index (χ0v) is 18.0. The summed E-state index contributed by atoms with van der Waals surface area (Å²) in [5, 5.41) is 2.56. The van der Waals surface area contributed by atoms with Gasteiger partial charge in [-0.2, -0.15) is 0 Å². The van der Waals surface area contributed by atoms with Gasteiger partial charge in [-0.1, -0.05) is 23.7 Å². The van der Waals surface area contributed by atoms with E-state index in [2.05, 4.69) is 5.43 Å². The number of halogens is 2. The fourth-order valence-electron chi connectivity index (χ4n) is 2.93. The Morgan fingerprint density at radius 2 is 1.97 bits per heavy atom. The molecule has 0 spiro atoms. The van der Waals surface area contributed by atoms with Crippen molar-refractivity contribution in [2.75, 3.05) is 12.1 Å². The average Bonchev–Trinajstić information content (AvgIpc) is 3.41. The number of rotatable bonds is 5. The van der Waals surface area contributed by atoms with Crippen molar-refractivity contribution < 1.29 is 28.2 Å². The van der Waals surface area contributed by atoms with Gasteiger partial charge in [-0.3, -0.25) is 15.0 Å². The molecule has 0 aliphatic carbocycles. The highest BCUT2D eigenvalue weighted by molar-refractivity contribution is 7.12. The maximum absolute atomic E-state index is 13.4. The van der Waals surface area contributed by atoms with Crippen molar-refractivity contribution in [1.82, 2.24) is 5.43 Å². The summed E-state index contributed by atoms with van der Waals surface area (Å²) in [6.45, 7) is 0. The Morgan fingerprint density at radius 1 is 1.16 bits per heavy atom. The molecular formula is C22H14ClFN2O5S. The van der Waals surface area contributed by atoms with Gasteiger partial charge in [0.2, 0.25) is 0 Å². The molecule has 1 aliphatic rings. The second-order valence-electron chi connectivity index (χ2n) is 6.52. The molecule has 10 heteroatoms. The summed E-state index contributed by atoms with van der Waals surface area (Å²) >= 11 is 7.02. The van der Waals surface area contributed by atoms with Crippen LogP contribution in [-0.4, -0.2) is 24.9 Å². The van der Waals surface area contributed by atoms with Crippen LogP contribution in [0.3, 0.4) is 0 Å². The van der Waals surface area contributed by atoms with Crippen LogP contribution in [0.25, 0.3) is 6.08 Å². The number of carbonyl (C=O) groups excluding carboxylic acids is 3. The van der Waals surface area contributed by atoms with Crippen LogP contribution in [0.15, 0.2) is 59.5 Å². The fourth-order valence-corrected chi connectivity index (χ4v) is 3.71. The van der Waals surface area contributed by atoms with Crippen LogP contribution in [0.4, 0.5) is 10.1 Å².